The van der Waals surface area contributed by atoms with Crippen molar-refractivity contribution in [1.29, 1.82) is 0 Å². The largest absolute Gasteiger partial charge is 0.479 e. The molecule has 0 spiro atoms. The molecule has 4 rings (SSSR count). The molecule has 35 heavy (non-hydrogen) atoms. The van der Waals surface area contributed by atoms with Gasteiger partial charge in [0, 0.05) is 24.2 Å². The molecule has 0 radical (unpaired) electrons. The number of aliphatic carboxylic acids is 1. The number of amides is 3. The summed E-state index contributed by atoms with van der Waals surface area (Å²) >= 11 is 1.25. The van der Waals surface area contributed by atoms with Crippen LogP contribution >= 0.6 is 11.3 Å². The van der Waals surface area contributed by atoms with Crippen LogP contribution in [0.2, 0.25) is 0 Å². The minimum absolute atomic E-state index is 0.0318. The van der Waals surface area contributed by atoms with Crippen LogP contribution in [0.25, 0.3) is 0 Å². The lowest BCUT2D eigenvalue weighted by Crippen LogP contribution is -2.59. The summed E-state index contributed by atoms with van der Waals surface area (Å²) in [5.41, 5.74) is -0.668. The fourth-order valence-corrected chi connectivity index (χ4v) is 6.36. The van der Waals surface area contributed by atoms with Crippen molar-refractivity contribution in [2.45, 2.75) is 58.0 Å². The van der Waals surface area contributed by atoms with Crippen molar-refractivity contribution in [2.75, 3.05) is 7.05 Å². The molecule has 0 saturated carbocycles. The standard InChI is InChI=1S/C26H31N3O5S/c1-14(2)13-26(24(33)34)18-17(22(31)28(6)23(18)32)19(20-27-11-12-35-20)29(26)21(30)15-7-9-16(10-8-15)25(3,4)5/h7-12,14,17-19H,13H2,1-6H3,(H,33,34)/t17-,18-,19+,26-/m0/s1. The fourth-order valence-electron chi connectivity index (χ4n) is 5.59. The number of nitrogens with zero attached hydrogens (tertiary/aromatic N) is 3. The summed E-state index contributed by atoms with van der Waals surface area (Å²) in [7, 11) is 1.38. The number of carboxylic acid groups (broad SMARTS) is 1. The minimum atomic E-state index is -1.88. The number of benzene rings is 1. The van der Waals surface area contributed by atoms with Gasteiger partial charge in [-0.3, -0.25) is 19.3 Å². The van der Waals surface area contributed by atoms with E-state index in [4.69, 9.17) is 0 Å². The van der Waals surface area contributed by atoms with Crippen LogP contribution in [0.1, 0.15) is 68.0 Å². The zero-order chi connectivity index (χ0) is 25.9. The maximum atomic E-state index is 14.1. The van der Waals surface area contributed by atoms with Gasteiger partial charge in [0.25, 0.3) is 5.91 Å². The van der Waals surface area contributed by atoms with E-state index in [9.17, 15) is 24.3 Å². The Morgan fingerprint density at radius 1 is 1.14 bits per heavy atom. The summed E-state index contributed by atoms with van der Waals surface area (Å²) in [6.45, 7) is 9.89. The van der Waals surface area contributed by atoms with Gasteiger partial charge in [-0.1, -0.05) is 46.8 Å². The Balaban J connectivity index is 1.95. The van der Waals surface area contributed by atoms with E-state index in [1.807, 2.05) is 26.0 Å². The van der Waals surface area contributed by atoms with Crippen LogP contribution in [0.5, 0.6) is 0 Å². The van der Waals surface area contributed by atoms with E-state index in [0.29, 0.717) is 10.6 Å². The van der Waals surface area contributed by atoms with Crippen molar-refractivity contribution in [3.05, 3.63) is 52.0 Å². The van der Waals surface area contributed by atoms with Crippen LogP contribution in [-0.4, -0.2) is 56.2 Å². The third-order valence-electron chi connectivity index (χ3n) is 7.15. The first-order valence-electron chi connectivity index (χ1n) is 11.7. The van der Waals surface area contributed by atoms with Gasteiger partial charge in [-0.15, -0.1) is 11.3 Å². The quantitative estimate of drug-likeness (QED) is 0.631. The summed E-state index contributed by atoms with van der Waals surface area (Å²) in [4.78, 5) is 60.6. The highest BCUT2D eigenvalue weighted by molar-refractivity contribution is 7.09. The Morgan fingerprint density at radius 2 is 1.77 bits per heavy atom. The predicted octanol–water partition coefficient (Wildman–Crippen LogP) is 3.74. The smallest absolute Gasteiger partial charge is 0.330 e. The van der Waals surface area contributed by atoms with E-state index >= 15 is 0 Å². The maximum Gasteiger partial charge on any atom is 0.330 e. The Kier molecular flexibility index (Phi) is 6.12. The molecular weight excluding hydrogens is 466 g/mol. The van der Waals surface area contributed by atoms with Crippen molar-refractivity contribution < 1.29 is 24.3 Å². The zero-order valence-corrected chi connectivity index (χ0v) is 21.6. The fraction of sp³-hybridized carbons (Fsp3) is 0.500. The van der Waals surface area contributed by atoms with Gasteiger partial charge in [0.05, 0.1) is 17.9 Å². The second-order valence-corrected chi connectivity index (χ2v) is 11.8. The maximum absolute atomic E-state index is 14.1. The first-order valence-corrected chi connectivity index (χ1v) is 12.6. The molecule has 2 aliphatic rings. The normalized spacial score (nSPS) is 26.5. The van der Waals surface area contributed by atoms with E-state index in [1.54, 1.807) is 23.7 Å². The Hall–Kier alpha value is -3.07. The zero-order valence-electron chi connectivity index (χ0n) is 20.8. The number of rotatable bonds is 5. The SMILES string of the molecule is CC(C)C[C@@]1(C(=O)O)[C@@H]2C(=O)N(C)C(=O)[C@@H]2[C@H](c2nccs2)N1C(=O)c1ccc(C(C)(C)C)cc1. The van der Waals surface area contributed by atoms with Crippen molar-refractivity contribution in [1.82, 2.24) is 14.8 Å². The highest BCUT2D eigenvalue weighted by Crippen LogP contribution is 2.57. The summed E-state index contributed by atoms with van der Waals surface area (Å²) < 4.78 is 0. The van der Waals surface area contributed by atoms with E-state index in [-0.39, 0.29) is 17.8 Å². The number of carbonyl (C=O) groups is 4. The first kappa shape index (κ1) is 25.0. The minimum Gasteiger partial charge on any atom is -0.479 e. The van der Waals surface area contributed by atoms with Gasteiger partial charge in [0.1, 0.15) is 5.01 Å². The third-order valence-corrected chi connectivity index (χ3v) is 7.99. The Morgan fingerprint density at radius 3 is 2.26 bits per heavy atom. The second kappa shape index (κ2) is 8.55. The van der Waals surface area contributed by atoms with Crippen LogP contribution in [0.4, 0.5) is 0 Å². The lowest BCUT2D eigenvalue weighted by molar-refractivity contribution is -0.157. The van der Waals surface area contributed by atoms with Gasteiger partial charge in [0.2, 0.25) is 11.8 Å². The molecule has 8 nitrogen and oxygen atoms in total. The Labute approximate surface area is 209 Å². The molecule has 4 atom stereocenters. The van der Waals surface area contributed by atoms with Gasteiger partial charge in [0.15, 0.2) is 5.54 Å². The average molecular weight is 498 g/mol. The van der Waals surface area contributed by atoms with Crippen molar-refractivity contribution in [3.63, 3.8) is 0 Å². The molecule has 0 aliphatic carbocycles. The molecular formula is C26H31N3O5S. The van der Waals surface area contributed by atoms with E-state index < -0.39 is 47.1 Å². The van der Waals surface area contributed by atoms with E-state index in [2.05, 4.69) is 25.8 Å². The summed E-state index contributed by atoms with van der Waals surface area (Å²) in [6, 6.07) is 6.14. The Bertz CT molecular complexity index is 1170. The number of fused-ring (bicyclic) bond motifs is 1. The molecule has 1 aromatic carbocycles. The molecule has 186 valence electrons. The number of hydrogen-bond donors (Lipinski definition) is 1. The van der Waals surface area contributed by atoms with Crippen LogP contribution in [0.15, 0.2) is 35.8 Å². The number of hydrogen-bond acceptors (Lipinski definition) is 6. The lowest BCUT2D eigenvalue weighted by atomic mass is 9.75. The van der Waals surface area contributed by atoms with Gasteiger partial charge >= 0.3 is 5.97 Å². The monoisotopic (exact) mass is 497 g/mol. The van der Waals surface area contributed by atoms with Crippen LogP contribution in [0, 0.1) is 17.8 Å². The predicted molar refractivity (Wildman–Crippen MR) is 131 cm³/mol. The topological polar surface area (TPSA) is 108 Å². The van der Waals surface area contributed by atoms with Crippen LogP contribution in [0.3, 0.4) is 0 Å². The molecule has 0 bridgehead atoms. The van der Waals surface area contributed by atoms with Crippen molar-refractivity contribution in [3.8, 4) is 0 Å². The molecule has 2 aliphatic heterocycles. The van der Waals surface area contributed by atoms with Gasteiger partial charge < -0.3 is 10.0 Å². The van der Waals surface area contributed by atoms with E-state index in [0.717, 1.165) is 10.5 Å². The molecule has 0 unspecified atom stereocenters. The lowest BCUT2D eigenvalue weighted by Gasteiger charge is -2.41. The van der Waals surface area contributed by atoms with Crippen molar-refractivity contribution in [2.24, 2.45) is 17.8 Å². The van der Waals surface area contributed by atoms with E-state index in [1.165, 1.54) is 23.3 Å². The van der Waals surface area contributed by atoms with Crippen LogP contribution in [-0.2, 0) is 19.8 Å². The molecule has 2 fully saturated rings. The van der Waals surface area contributed by atoms with Crippen molar-refractivity contribution >= 4 is 35.0 Å². The number of carboxylic acids is 1. The molecule has 2 aromatic rings. The number of aromatic nitrogens is 1. The molecule has 3 heterocycles. The number of likely N-dealkylation sites (tertiary alicyclic amines) is 2. The average Bonchev–Trinajstić information content (AvgIpc) is 3.46. The highest BCUT2D eigenvalue weighted by Gasteiger charge is 2.73. The molecule has 1 N–H and O–H groups in total. The summed E-state index contributed by atoms with van der Waals surface area (Å²) in [5.74, 6) is -5.20. The molecule has 1 aromatic heterocycles. The summed E-state index contributed by atoms with van der Waals surface area (Å²) in [6.07, 6.45) is 1.59. The van der Waals surface area contributed by atoms with Crippen LogP contribution < -0.4 is 0 Å². The number of thiazole rings is 1. The van der Waals surface area contributed by atoms with Gasteiger partial charge in [-0.2, -0.15) is 0 Å². The second-order valence-electron chi connectivity index (χ2n) is 10.9. The highest BCUT2D eigenvalue weighted by atomic mass is 32.1. The van der Waals surface area contributed by atoms with Gasteiger partial charge in [-0.25, -0.2) is 9.78 Å². The molecule has 2 saturated heterocycles. The first-order chi connectivity index (χ1) is 16.3. The summed E-state index contributed by atoms with van der Waals surface area (Å²) in [5, 5.41) is 12.9. The third kappa shape index (κ3) is 3.76. The van der Waals surface area contributed by atoms with Gasteiger partial charge in [-0.05, 0) is 35.4 Å². The molecule has 9 heteroatoms. The molecule has 3 amide bonds. The number of imide groups is 1. The number of carbonyl (C=O) groups excluding carboxylic acids is 3.